The van der Waals surface area contributed by atoms with E-state index in [2.05, 4.69) is 19.9 Å². The van der Waals surface area contributed by atoms with Crippen LogP contribution in [0.15, 0.2) is 18.3 Å². The molecule has 0 aliphatic rings. The van der Waals surface area contributed by atoms with Crippen LogP contribution in [0.25, 0.3) is 11.2 Å². The second kappa shape index (κ2) is 7.73. The predicted octanol–water partition coefficient (Wildman–Crippen LogP) is 1.54. The molecule has 1 amide bonds. The number of ether oxygens (including phenoxy) is 1. The number of methoxy groups -OCH3 is 1. The molecule has 0 saturated carbocycles. The average Bonchev–Trinajstić information content (AvgIpc) is 2.83. The molecule has 0 unspecified atom stereocenters. The lowest BCUT2D eigenvalue weighted by atomic mass is 10.2. The van der Waals surface area contributed by atoms with Crippen LogP contribution >= 0.6 is 0 Å². The van der Waals surface area contributed by atoms with E-state index >= 15 is 0 Å². The van der Waals surface area contributed by atoms with Gasteiger partial charge in [-0.25, -0.2) is 9.97 Å². The zero-order valence-corrected chi connectivity index (χ0v) is 12.6. The molecule has 0 bridgehead atoms. The van der Waals surface area contributed by atoms with Gasteiger partial charge in [-0.2, -0.15) is 0 Å². The topological polar surface area (TPSA) is 69.0 Å². The normalized spacial score (nSPS) is 11.0. The number of pyridine rings is 1. The molecule has 0 spiro atoms. The van der Waals surface area contributed by atoms with Crippen molar-refractivity contribution in [2.75, 3.05) is 20.3 Å². The summed E-state index contributed by atoms with van der Waals surface area (Å²) in [6.45, 7) is 3.94. The summed E-state index contributed by atoms with van der Waals surface area (Å²) < 4.78 is 7.23. The smallest absolute Gasteiger partial charge is 0.219 e. The van der Waals surface area contributed by atoms with Gasteiger partial charge in [-0.1, -0.05) is 0 Å². The van der Waals surface area contributed by atoms with Crippen molar-refractivity contribution in [2.24, 2.45) is 0 Å². The Hall–Kier alpha value is -1.95. The van der Waals surface area contributed by atoms with Gasteiger partial charge in [0.2, 0.25) is 5.91 Å². The fourth-order valence-electron chi connectivity index (χ4n) is 2.31. The molecule has 0 saturated heterocycles. The quantitative estimate of drug-likeness (QED) is 0.800. The van der Waals surface area contributed by atoms with Crippen LogP contribution < -0.4 is 5.32 Å². The standard InChI is InChI=1S/C15H22N4O2/c1-3-16-14(20)8-4-7-13-18-12-6-5-9-17-15(12)19(13)10-11-21-2/h5-6,9H,3-4,7-8,10-11H2,1-2H3,(H,16,20). The van der Waals surface area contributed by atoms with E-state index in [1.54, 1.807) is 13.3 Å². The van der Waals surface area contributed by atoms with Crippen molar-refractivity contribution in [3.8, 4) is 0 Å². The van der Waals surface area contributed by atoms with Crippen LogP contribution in [-0.4, -0.2) is 40.7 Å². The van der Waals surface area contributed by atoms with E-state index in [1.165, 1.54) is 0 Å². The maximum Gasteiger partial charge on any atom is 0.219 e. The Morgan fingerprint density at radius 1 is 1.48 bits per heavy atom. The van der Waals surface area contributed by atoms with E-state index < -0.39 is 0 Å². The van der Waals surface area contributed by atoms with Gasteiger partial charge in [-0.3, -0.25) is 4.79 Å². The summed E-state index contributed by atoms with van der Waals surface area (Å²) in [7, 11) is 1.68. The summed E-state index contributed by atoms with van der Waals surface area (Å²) in [5.41, 5.74) is 1.77. The van der Waals surface area contributed by atoms with E-state index in [4.69, 9.17) is 4.74 Å². The number of carbonyl (C=O) groups is 1. The number of carbonyl (C=O) groups excluding carboxylic acids is 1. The third-order valence-electron chi connectivity index (χ3n) is 3.28. The minimum Gasteiger partial charge on any atom is -0.383 e. The molecule has 114 valence electrons. The molecule has 1 N–H and O–H groups in total. The molecule has 0 radical (unpaired) electrons. The number of rotatable bonds is 8. The zero-order chi connectivity index (χ0) is 15.1. The molecule has 6 nitrogen and oxygen atoms in total. The number of aromatic nitrogens is 3. The molecule has 2 rings (SSSR count). The molecule has 6 heteroatoms. The summed E-state index contributed by atoms with van der Waals surface area (Å²) in [6.07, 6.45) is 3.83. The number of fused-ring (bicyclic) bond motifs is 1. The number of amides is 1. The third kappa shape index (κ3) is 4.01. The highest BCUT2D eigenvalue weighted by molar-refractivity contribution is 5.75. The number of nitrogens with zero attached hydrogens (tertiary/aromatic N) is 3. The first-order valence-electron chi connectivity index (χ1n) is 7.32. The molecule has 0 aromatic carbocycles. The summed E-state index contributed by atoms with van der Waals surface area (Å²) in [5.74, 6) is 1.06. The van der Waals surface area contributed by atoms with Crippen LogP contribution in [0.5, 0.6) is 0 Å². The van der Waals surface area contributed by atoms with Crippen LogP contribution in [-0.2, 0) is 22.5 Å². The highest BCUT2D eigenvalue weighted by Gasteiger charge is 2.11. The number of imidazole rings is 1. The molecular weight excluding hydrogens is 268 g/mol. The Bertz CT molecular complexity index is 594. The molecule has 21 heavy (non-hydrogen) atoms. The highest BCUT2D eigenvalue weighted by atomic mass is 16.5. The lowest BCUT2D eigenvalue weighted by Crippen LogP contribution is -2.22. The summed E-state index contributed by atoms with van der Waals surface area (Å²) >= 11 is 0. The van der Waals surface area contributed by atoms with Gasteiger partial charge >= 0.3 is 0 Å². The minimum atomic E-state index is 0.0928. The van der Waals surface area contributed by atoms with E-state index in [9.17, 15) is 4.79 Å². The molecular formula is C15H22N4O2. The Morgan fingerprint density at radius 2 is 2.33 bits per heavy atom. The van der Waals surface area contributed by atoms with Gasteiger partial charge in [0, 0.05) is 39.2 Å². The Labute approximate surface area is 124 Å². The van der Waals surface area contributed by atoms with E-state index in [1.807, 2.05) is 19.1 Å². The van der Waals surface area contributed by atoms with Crippen LogP contribution in [0.2, 0.25) is 0 Å². The molecule has 0 atom stereocenters. The van der Waals surface area contributed by atoms with E-state index in [0.29, 0.717) is 19.6 Å². The van der Waals surface area contributed by atoms with Gasteiger partial charge in [-0.15, -0.1) is 0 Å². The number of aryl methyl sites for hydroxylation is 1. The highest BCUT2D eigenvalue weighted by Crippen LogP contribution is 2.15. The van der Waals surface area contributed by atoms with Crippen LogP contribution in [0.1, 0.15) is 25.6 Å². The lowest BCUT2D eigenvalue weighted by molar-refractivity contribution is -0.121. The van der Waals surface area contributed by atoms with Gasteiger partial charge in [0.25, 0.3) is 0 Å². The monoisotopic (exact) mass is 290 g/mol. The van der Waals surface area contributed by atoms with Crippen molar-refractivity contribution in [2.45, 2.75) is 32.7 Å². The van der Waals surface area contributed by atoms with Crippen molar-refractivity contribution in [1.29, 1.82) is 0 Å². The largest absolute Gasteiger partial charge is 0.383 e. The average molecular weight is 290 g/mol. The molecule has 0 aliphatic carbocycles. The Balaban J connectivity index is 2.08. The maximum absolute atomic E-state index is 11.5. The lowest BCUT2D eigenvalue weighted by Gasteiger charge is -2.08. The van der Waals surface area contributed by atoms with E-state index in [0.717, 1.165) is 36.4 Å². The molecule has 0 fully saturated rings. The number of hydrogen-bond donors (Lipinski definition) is 1. The minimum absolute atomic E-state index is 0.0928. The number of hydrogen-bond acceptors (Lipinski definition) is 4. The van der Waals surface area contributed by atoms with Crippen molar-refractivity contribution >= 4 is 17.1 Å². The predicted molar refractivity (Wildman–Crippen MR) is 81.0 cm³/mol. The molecule has 2 heterocycles. The second-order valence-electron chi connectivity index (χ2n) is 4.83. The zero-order valence-electron chi connectivity index (χ0n) is 12.6. The van der Waals surface area contributed by atoms with Crippen molar-refractivity contribution < 1.29 is 9.53 Å². The van der Waals surface area contributed by atoms with Crippen LogP contribution in [0, 0.1) is 0 Å². The van der Waals surface area contributed by atoms with Crippen LogP contribution in [0.4, 0.5) is 0 Å². The third-order valence-corrected chi connectivity index (χ3v) is 3.28. The summed E-state index contributed by atoms with van der Waals surface area (Å²) in [4.78, 5) is 20.5. The van der Waals surface area contributed by atoms with Gasteiger partial charge in [0.15, 0.2) is 5.65 Å². The van der Waals surface area contributed by atoms with Crippen molar-refractivity contribution in [3.63, 3.8) is 0 Å². The van der Waals surface area contributed by atoms with Gasteiger partial charge < -0.3 is 14.6 Å². The second-order valence-corrected chi connectivity index (χ2v) is 4.83. The fourth-order valence-corrected chi connectivity index (χ4v) is 2.31. The Morgan fingerprint density at radius 3 is 3.10 bits per heavy atom. The first-order valence-corrected chi connectivity index (χ1v) is 7.32. The molecule has 0 aliphatic heterocycles. The van der Waals surface area contributed by atoms with E-state index in [-0.39, 0.29) is 5.91 Å². The first-order chi connectivity index (χ1) is 10.3. The summed E-state index contributed by atoms with van der Waals surface area (Å²) in [5, 5.41) is 2.81. The van der Waals surface area contributed by atoms with Gasteiger partial charge in [0.1, 0.15) is 11.3 Å². The molecule has 2 aromatic rings. The van der Waals surface area contributed by atoms with Gasteiger partial charge in [0.05, 0.1) is 6.61 Å². The SMILES string of the molecule is CCNC(=O)CCCc1nc2cccnc2n1CCOC. The summed E-state index contributed by atoms with van der Waals surface area (Å²) in [6, 6.07) is 3.84. The first kappa shape index (κ1) is 15.4. The van der Waals surface area contributed by atoms with Crippen LogP contribution in [0.3, 0.4) is 0 Å². The Kier molecular flexibility index (Phi) is 5.68. The fraction of sp³-hybridized carbons (Fsp3) is 0.533. The van der Waals surface area contributed by atoms with Crippen molar-refractivity contribution in [3.05, 3.63) is 24.2 Å². The van der Waals surface area contributed by atoms with Gasteiger partial charge in [-0.05, 0) is 25.5 Å². The number of nitrogens with one attached hydrogen (secondary N) is 1. The van der Waals surface area contributed by atoms with Crippen molar-refractivity contribution in [1.82, 2.24) is 19.9 Å². The molecule has 2 aromatic heterocycles. The maximum atomic E-state index is 11.5.